The lowest BCUT2D eigenvalue weighted by atomic mass is 10.1. The number of benzene rings is 2. The summed E-state index contributed by atoms with van der Waals surface area (Å²) < 4.78 is 27.9. The van der Waals surface area contributed by atoms with E-state index in [-0.39, 0.29) is 47.6 Å². The van der Waals surface area contributed by atoms with E-state index in [4.69, 9.17) is 11.6 Å². The maximum Gasteiger partial charge on any atom is 0.252 e. The van der Waals surface area contributed by atoms with Crippen molar-refractivity contribution in [3.8, 4) is 0 Å². The number of carbonyl (C=O) groups is 2. The number of carbonyl (C=O) groups excluding carboxylic acids is 2. The Hall–Kier alpha value is -1.99. The Balaban J connectivity index is 1.59. The molecule has 2 aromatic rings. The molecule has 1 aliphatic rings. The first-order valence-electron chi connectivity index (χ1n) is 8.82. The minimum Gasteiger partial charge on any atom is -0.351 e. The number of rotatable bonds is 7. The van der Waals surface area contributed by atoms with Crippen molar-refractivity contribution < 1.29 is 18.4 Å². The van der Waals surface area contributed by atoms with Crippen LogP contribution in [0.25, 0.3) is 0 Å². The predicted molar refractivity (Wildman–Crippen MR) is 106 cm³/mol. The van der Waals surface area contributed by atoms with Crippen LogP contribution in [0, 0.1) is 11.6 Å². The van der Waals surface area contributed by atoms with E-state index >= 15 is 0 Å². The first-order chi connectivity index (χ1) is 13.4. The zero-order valence-corrected chi connectivity index (χ0v) is 17.2. The summed E-state index contributed by atoms with van der Waals surface area (Å²) in [4.78, 5) is 26.4. The quantitative estimate of drug-likeness (QED) is 0.637. The lowest BCUT2D eigenvalue weighted by Crippen LogP contribution is -2.36. The number of nitrogens with one attached hydrogen (secondary N) is 1. The zero-order valence-electron chi connectivity index (χ0n) is 14.9. The first-order valence-corrected chi connectivity index (χ1v) is 9.99. The van der Waals surface area contributed by atoms with Crippen molar-refractivity contribution in [2.45, 2.75) is 31.8 Å². The molecular formula is C20H18BrClF2N2O2. The van der Waals surface area contributed by atoms with Crippen LogP contribution >= 0.6 is 27.5 Å². The van der Waals surface area contributed by atoms with E-state index < -0.39 is 17.5 Å². The fourth-order valence-electron chi connectivity index (χ4n) is 2.85. The number of amides is 2. The molecule has 0 atom stereocenters. The van der Waals surface area contributed by atoms with Crippen LogP contribution in [0.4, 0.5) is 8.78 Å². The summed E-state index contributed by atoms with van der Waals surface area (Å²) in [6.07, 6.45) is 1.78. The number of hydrogen-bond donors (Lipinski definition) is 1. The maximum absolute atomic E-state index is 14.1. The molecule has 3 rings (SSSR count). The highest BCUT2D eigenvalue weighted by atomic mass is 79.9. The van der Waals surface area contributed by atoms with E-state index in [2.05, 4.69) is 21.2 Å². The fraction of sp³-hybridized carbons (Fsp3) is 0.300. The second kappa shape index (κ2) is 9.01. The molecule has 0 aliphatic heterocycles. The van der Waals surface area contributed by atoms with E-state index in [0.29, 0.717) is 4.47 Å². The van der Waals surface area contributed by atoms with Gasteiger partial charge in [0.1, 0.15) is 11.6 Å². The van der Waals surface area contributed by atoms with Gasteiger partial charge >= 0.3 is 0 Å². The number of hydrogen-bond acceptors (Lipinski definition) is 2. The van der Waals surface area contributed by atoms with Crippen LogP contribution in [-0.2, 0) is 11.3 Å². The van der Waals surface area contributed by atoms with Crippen LogP contribution in [-0.4, -0.2) is 29.3 Å². The standard InChI is InChI=1S/C20H18BrClF2N2O2/c21-16-7-4-12(23)10-14(16)20(28)25-9-8-19(27)26(13-5-6-13)11-15-17(22)2-1-3-18(15)24/h1-4,7,10,13H,5-6,8-9,11H2,(H,25,28). The molecule has 4 nitrogen and oxygen atoms in total. The van der Waals surface area contributed by atoms with Crippen molar-refractivity contribution in [1.29, 1.82) is 0 Å². The molecular weight excluding hydrogens is 454 g/mol. The van der Waals surface area contributed by atoms with Crippen LogP contribution in [0.5, 0.6) is 0 Å². The molecule has 148 valence electrons. The average Bonchev–Trinajstić information content (AvgIpc) is 3.48. The van der Waals surface area contributed by atoms with Gasteiger partial charge < -0.3 is 10.2 Å². The Labute approximate surface area is 175 Å². The molecule has 1 fully saturated rings. The van der Waals surface area contributed by atoms with Crippen LogP contribution in [0.1, 0.15) is 35.2 Å². The minimum absolute atomic E-state index is 0.0568. The molecule has 0 aromatic heterocycles. The highest BCUT2D eigenvalue weighted by molar-refractivity contribution is 9.10. The van der Waals surface area contributed by atoms with Crippen molar-refractivity contribution in [1.82, 2.24) is 10.2 Å². The topological polar surface area (TPSA) is 49.4 Å². The van der Waals surface area contributed by atoms with Crippen molar-refractivity contribution in [3.63, 3.8) is 0 Å². The van der Waals surface area contributed by atoms with Gasteiger partial charge in [0.15, 0.2) is 0 Å². The molecule has 28 heavy (non-hydrogen) atoms. The SMILES string of the molecule is O=C(NCCC(=O)N(Cc1c(F)cccc1Cl)C1CC1)c1cc(F)ccc1Br. The zero-order chi connectivity index (χ0) is 20.3. The van der Waals surface area contributed by atoms with Crippen molar-refractivity contribution in [2.75, 3.05) is 6.54 Å². The lowest BCUT2D eigenvalue weighted by Gasteiger charge is -2.23. The Morgan fingerprint density at radius 3 is 2.64 bits per heavy atom. The summed E-state index contributed by atoms with van der Waals surface area (Å²) >= 11 is 9.28. The minimum atomic E-state index is -0.522. The van der Waals surface area contributed by atoms with E-state index in [0.717, 1.165) is 18.9 Å². The average molecular weight is 472 g/mol. The molecule has 1 saturated carbocycles. The van der Waals surface area contributed by atoms with Crippen LogP contribution in [0.2, 0.25) is 5.02 Å². The molecule has 0 bridgehead atoms. The van der Waals surface area contributed by atoms with E-state index in [1.165, 1.54) is 24.3 Å². The molecule has 2 aromatic carbocycles. The van der Waals surface area contributed by atoms with E-state index in [1.807, 2.05) is 0 Å². The highest BCUT2D eigenvalue weighted by Crippen LogP contribution is 2.31. The number of nitrogens with zero attached hydrogens (tertiary/aromatic N) is 1. The predicted octanol–water partition coefficient (Wildman–Crippen LogP) is 4.69. The summed E-state index contributed by atoms with van der Waals surface area (Å²) in [7, 11) is 0. The van der Waals surface area contributed by atoms with E-state index in [9.17, 15) is 18.4 Å². The summed E-state index contributed by atoms with van der Waals surface area (Å²) in [5.41, 5.74) is 0.446. The van der Waals surface area contributed by atoms with E-state index in [1.54, 1.807) is 11.0 Å². The summed E-state index contributed by atoms with van der Waals surface area (Å²) in [6, 6.07) is 8.30. The Bertz CT molecular complexity index is 886. The molecule has 0 radical (unpaired) electrons. The first kappa shape index (κ1) is 20.7. The summed E-state index contributed by atoms with van der Waals surface area (Å²) in [5.74, 6) is -1.64. The van der Waals surface area contributed by atoms with Crippen molar-refractivity contribution >= 4 is 39.3 Å². The third-order valence-corrected chi connectivity index (χ3v) is 5.54. The lowest BCUT2D eigenvalue weighted by molar-refractivity contribution is -0.132. The van der Waals surface area contributed by atoms with Gasteiger partial charge in [-0.15, -0.1) is 0 Å². The Kier molecular flexibility index (Phi) is 6.67. The second-order valence-electron chi connectivity index (χ2n) is 6.58. The second-order valence-corrected chi connectivity index (χ2v) is 7.84. The van der Waals surface area contributed by atoms with Crippen LogP contribution < -0.4 is 5.32 Å². The molecule has 0 heterocycles. The highest BCUT2D eigenvalue weighted by Gasteiger charge is 2.33. The van der Waals surface area contributed by atoms with Crippen molar-refractivity contribution in [2.24, 2.45) is 0 Å². The summed E-state index contributed by atoms with van der Waals surface area (Å²) in [6.45, 7) is 0.188. The van der Waals surface area contributed by atoms with Gasteiger partial charge in [-0.3, -0.25) is 9.59 Å². The molecule has 8 heteroatoms. The van der Waals surface area contributed by atoms with Gasteiger partial charge in [-0.2, -0.15) is 0 Å². The van der Waals surface area contributed by atoms with Gasteiger partial charge in [-0.1, -0.05) is 17.7 Å². The molecule has 0 saturated heterocycles. The summed E-state index contributed by atoms with van der Waals surface area (Å²) in [5, 5.41) is 2.90. The smallest absolute Gasteiger partial charge is 0.252 e. The van der Waals surface area contributed by atoms with Crippen molar-refractivity contribution in [3.05, 3.63) is 68.7 Å². The number of halogens is 4. The molecule has 2 amide bonds. The Morgan fingerprint density at radius 1 is 1.21 bits per heavy atom. The van der Waals surface area contributed by atoms with Crippen LogP contribution in [0.3, 0.4) is 0 Å². The normalized spacial score (nSPS) is 13.3. The van der Waals surface area contributed by atoms with Gasteiger partial charge in [0.05, 0.1) is 12.1 Å². The van der Waals surface area contributed by atoms with Gasteiger partial charge in [0, 0.05) is 34.1 Å². The maximum atomic E-state index is 14.1. The van der Waals surface area contributed by atoms with Gasteiger partial charge in [-0.25, -0.2) is 8.78 Å². The van der Waals surface area contributed by atoms with Gasteiger partial charge in [0.25, 0.3) is 5.91 Å². The largest absolute Gasteiger partial charge is 0.351 e. The third-order valence-electron chi connectivity index (χ3n) is 4.50. The van der Waals surface area contributed by atoms with Gasteiger partial charge in [-0.05, 0) is 59.1 Å². The van der Waals surface area contributed by atoms with Gasteiger partial charge in [0.2, 0.25) is 5.91 Å². The van der Waals surface area contributed by atoms with Crippen LogP contribution in [0.15, 0.2) is 40.9 Å². The molecule has 1 N–H and O–H groups in total. The molecule has 0 spiro atoms. The monoisotopic (exact) mass is 470 g/mol. The third kappa shape index (κ3) is 5.08. The fourth-order valence-corrected chi connectivity index (χ4v) is 3.50. The molecule has 0 unspecified atom stereocenters. The molecule has 1 aliphatic carbocycles. The Morgan fingerprint density at radius 2 is 1.96 bits per heavy atom.